The van der Waals surface area contributed by atoms with Crippen molar-refractivity contribution in [2.45, 2.75) is 25.6 Å². The molecular formula is C15H16F3N3OS. The van der Waals surface area contributed by atoms with Gasteiger partial charge in [0.2, 0.25) is 0 Å². The number of nitrogens with one attached hydrogen (secondary N) is 1. The molecule has 0 bridgehead atoms. The molecule has 0 saturated carbocycles. The van der Waals surface area contributed by atoms with Crippen LogP contribution in [0.1, 0.15) is 27.3 Å². The first kappa shape index (κ1) is 16.2. The van der Waals surface area contributed by atoms with Crippen LogP contribution >= 0.6 is 11.3 Å². The molecule has 1 saturated heterocycles. The van der Waals surface area contributed by atoms with Gasteiger partial charge in [-0.05, 0) is 37.6 Å². The predicted octanol–water partition coefficient (Wildman–Crippen LogP) is 3.06. The van der Waals surface area contributed by atoms with Crippen molar-refractivity contribution in [3.05, 3.63) is 28.3 Å². The molecule has 3 heterocycles. The van der Waals surface area contributed by atoms with Crippen molar-refractivity contribution in [2.24, 2.45) is 0 Å². The van der Waals surface area contributed by atoms with Crippen LogP contribution in [0.5, 0.6) is 0 Å². The number of amides is 1. The molecule has 4 nitrogen and oxygen atoms in total. The molecule has 8 heteroatoms. The first-order valence-corrected chi connectivity index (χ1v) is 8.06. The van der Waals surface area contributed by atoms with Crippen LogP contribution in [0.4, 0.5) is 13.2 Å². The molecule has 0 unspecified atom stereocenters. The first-order chi connectivity index (χ1) is 10.8. The number of likely N-dealkylation sites (N-methyl/N-ethyl adjacent to an activating group) is 1. The van der Waals surface area contributed by atoms with Gasteiger partial charge in [0.25, 0.3) is 5.91 Å². The summed E-state index contributed by atoms with van der Waals surface area (Å²) in [5, 5.41) is 3.80. The smallest absolute Gasteiger partial charge is 0.337 e. The Kier molecular flexibility index (Phi) is 4.05. The maximum absolute atomic E-state index is 12.8. The monoisotopic (exact) mass is 343 g/mol. The van der Waals surface area contributed by atoms with Gasteiger partial charge in [-0.1, -0.05) is 0 Å². The number of aryl methyl sites for hydroxylation is 1. The van der Waals surface area contributed by atoms with E-state index in [1.165, 1.54) is 6.07 Å². The van der Waals surface area contributed by atoms with Crippen LogP contribution in [-0.4, -0.2) is 42.0 Å². The maximum Gasteiger partial charge on any atom is 0.433 e. The van der Waals surface area contributed by atoms with Gasteiger partial charge < -0.3 is 10.2 Å². The number of fused-ring (bicyclic) bond motifs is 1. The number of carbonyl (C=O) groups is 1. The number of hydrogen-bond donors (Lipinski definition) is 1. The molecule has 0 aromatic carbocycles. The number of thiophene rings is 1. The minimum atomic E-state index is -4.48. The molecule has 0 spiro atoms. The van der Waals surface area contributed by atoms with Gasteiger partial charge in [0.15, 0.2) is 0 Å². The third-order valence-electron chi connectivity index (χ3n) is 4.19. The maximum atomic E-state index is 12.8. The number of aromatic nitrogens is 1. The third-order valence-corrected chi connectivity index (χ3v) is 5.38. The normalized spacial score (nSPS) is 18.6. The molecular weight excluding hydrogens is 327 g/mol. The Bertz CT molecular complexity index is 750. The summed E-state index contributed by atoms with van der Waals surface area (Å²) in [5.41, 5.74) is -0.243. The van der Waals surface area contributed by atoms with Crippen molar-refractivity contribution in [2.75, 3.05) is 20.1 Å². The van der Waals surface area contributed by atoms with E-state index in [9.17, 15) is 18.0 Å². The lowest BCUT2D eigenvalue weighted by Crippen LogP contribution is -2.38. The summed E-state index contributed by atoms with van der Waals surface area (Å²) in [6.07, 6.45) is -3.61. The van der Waals surface area contributed by atoms with E-state index in [4.69, 9.17) is 0 Å². The third kappa shape index (κ3) is 2.92. The Hall–Kier alpha value is -1.67. The molecule has 23 heavy (non-hydrogen) atoms. The van der Waals surface area contributed by atoms with E-state index in [-0.39, 0.29) is 16.8 Å². The average Bonchev–Trinajstić information content (AvgIpc) is 3.13. The van der Waals surface area contributed by atoms with Gasteiger partial charge in [0.05, 0.1) is 4.88 Å². The van der Waals surface area contributed by atoms with Crippen molar-refractivity contribution < 1.29 is 18.0 Å². The van der Waals surface area contributed by atoms with E-state index in [0.29, 0.717) is 15.8 Å². The second-order valence-electron chi connectivity index (χ2n) is 5.67. The van der Waals surface area contributed by atoms with Crippen molar-refractivity contribution in [3.63, 3.8) is 0 Å². The Balaban J connectivity index is 1.97. The van der Waals surface area contributed by atoms with Crippen molar-refractivity contribution >= 4 is 27.5 Å². The van der Waals surface area contributed by atoms with Crippen LogP contribution < -0.4 is 5.32 Å². The van der Waals surface area contributed by atoms with Gasteiger partial charge in [-0.3, -0.25) is 4.79 Å². The number of hydrogen-bond acceptors (Lipinski definition) is 4. The molecule has 1 amide bonds. The van der Waals surface area contributed by atoms with Gasteiger partial charge in [-0.15, -0.1) is 11.3 Å². The van der Waals surface area contributed by atoms with Crippen LogP contribution in [0.15, 0.2) is 12.1 Å². The summed E-state index contributed by atoms with van der Waals surface area (Å²) in [6.45, 7) is 3.36. The summed E-state index contributed by atoms with van der Waals surface area (Å²) >= 11 is 1.03. The average molecular weight is 343 g/mol. The summed E-state index contributed by atoms with van der Waals surface area (Å²) in [6, 6.07) is 2.47. The zero-order valence-corrected chi connectivity index (χ0v) is 13.5. The van der Waals surface area contributed by atoms with Gasteiger partial charge in [-0.25, -0.2) is 4.98 Å². The zero-order valence-electron chi connectivity index (χ0n) is 12.7. The fourth-order valence-corrected chi connectivity index (χ4v) is 3.92. The van der Waals surface area contributed by atoms with E-state index in [1.54, 1.807) is 18.9 Å². The quantitative estimate of drug-likeness (QED) is 0.912. The van der Waals surface area contributed by atoms with E-state index in [2.05, 4.69) is 10.3 Å². The molecule has 0 radical (unpaired) electrons. The van der Waals surface area contributed by atoms with Crippen molar-refractivity contribution in [1.29, 1.82) is 0 Å². The van der Waals surface area contributed by atoms with E-state index in [1.807, 2.05) is 0 Å². The van der Waals surface area contributed by atoms with E-state index >= 15 is 0 Å². The van der Waals surface area contributed by atoms with Crippen LogP contribution in [0.2, 0.25) is 0 Å². The number of nitrogens with zero attached hydrogens (tertiary/aromatic N) is 2. The second kappa shape index (κ2) is 5.76. The van der Waals surface area contributed by atoms with Crippen LogP contribution in [0.3, 0.4) is 0 Å². The molecule has 3 rings (SSSR count). The minimum absolute atomic E-state index is 0.116. The summed E-state index contributed by atoms with van der Waals surface area (Å²) < 4.78 is 38.3. The molecule has 2 aromatic heterocycles. The first-order valence-electron chi connectivity index (χ1n) is 7.24. The SMILES string of the molecule is Cc1c(C(=O)N(C)[C@H]2CCNC2)sc2nc(C(F)(F)F)ccc12. The molecule has 124 valence electrons. The second-order valence-corrected chi connectivity index (χ2v) is 6.66. The highest BCUT2D eigenvalue weighted by Gasteiger charge is 2.33. The topological polar surface area (TPSA) is 45.2 Å². The highest BCUT2D eigenvalue weighted by atomic mass is 32.1. The van der Waals surface area contributed by atoms with Crippen molar-refractivity contribution in [1.82, 2.24) is 15.2 Å². The Morgan fingerprint density at radius 3 is 2.78 bits per heavy atom. The summed E-state index contributed by atoms with van der Waals surface area (Å²) in [5.74, 6) is -0.159. The predicted molar refractivity (Wildman–Crippen MR) is 82.7 cm³/mol. The number of alkyl halides is 3. The number of halogens is 3. The molecule has 1 aliphatic heterocycles. The van der Waals surface area contributed by atoms with E-state index in [0.717, 1.165) is 36.9 Å². The lowest BCUT2D eigenvalue weighted by atomic mass is 10.1. The minimum Gasteiger partial charge on any atom is -0.337 e. The highest BCUT2D eigenvalue weighted by molar-refractivity contribution is 7.20. The largest absolute Gasteiger partial charge is 0.433 e. The standard InChI is InChI=1S/C15H16F3N3OS/c1-8-10-3-4-11(15(16,17)18)20-13(10)23-12(8)14(22)21(2)9-5-6-19-7-9/h3-4,9,19H,5-7H2,1-2H3/t9-/m0/s1. The fourth-order valence-electron chi connectivity index (χ4n) is 2.76. The number of pyridine rings is 1. The molecule has 1 N–H and O–H groups in total. The van der Waals surface area contributed by atoms with Gasteiger partial charge in [0.1, 0.15) is 10.5 Å². The number of carbonyl (C=O) groups excluding carboxylic acids is 1. The van der Waals surface area contributed by atoms with E-state index < -0.39 is 11.9 Å². The van der Waals surface area contributed by atoms with Crippen LogP contribution in [-0.2, 0) is 6.18 Å². The number of rotatable bonds is 2. The zero-order chi connectivity index (χ0) is 16.8. The summed E-state index contributed by atoms with van der Waals surface area (Å²) in [7, 11) is 1.73. The van der Waals surface area contributed by atoms with Gasteiger partial charge in [-0.2, -0.15) is 13.2 Å². The molecule has 1 fully saturated rings. The Labute approximate surface area is 135 Å². The Morgan fingerprint density at radius 1 is 1.43 bits per heavy atom. The lowest BCUT2D eigenvalue weighted by molar-refractivity contribution is -0.140. The molecule has 1 atom stereocenters. The molecule has 2 aromatic rings. The molecule has 1 aliphatic rings. The van der Waals surface area contributed by atoms with Crippen LogP contribution in [0, 0.1) is 6.92 Å². The van der Waals surface area contributed by atoms with Gasteiger partial charge in [0, 0.05) is 25.0 Å². The van der Waals surface area contributed by atoms with Crippen LogP contribution in [0.25, 0.3) is 10.2 Å². The lowest BCUT2D eigenvalue weighted by Gasteiger charge is -2.23. The van der Waals surface area contributed by atoms with Gasteiger partial charge >= 0.3 is 6.18 Å². The Morgan fingerprint density at radius 2 is 2.17 bits per heavy atom. The molecule has 0 aliphatic carbocycles. The van der Waals surface area contributed by atoms with Crippen molar-refractivity contribution in [3.8, 4) is 0 Å². The summed E-state index contributed by atoms with van der Waals surface area (Å²) in [4.78, 5) is 18.7. The fraction of sp³-hybridized carbons (Fsp3) is 0.467. The highest BCUT2D eigenvalue weighted by Crippen LogP contribution is 2.34.